The number of carbonyl (C=O) groups is 1. The van der Waals surface area contributed by atoms with E-state index in [0.717, 1.165) is 22.9 Å². The van der Waals surface area contributed by atoms with E-state index in [-0.39, 0.29) is 5.91 Å². The first-order valence-electron chi connectivity index (χ1n) is 8.97. The number of nitrogens with one attached hydrogen (secondary N) is 1. The van der Waals surface area contributed by atoms with Crippen molar-refractivity contribution in [2.75, 3.05) is 19.5 Å². The Morgan fingerprint density at radius 3 is 2.29 bits per heavy atom. The average Bonchev–Trinajstić information content (AvgIpc) is 2.74. The standard InChI is InChI=1S/C23H22BrNO3/c1-27-21-15-20(22(28-2)14-19(21)24)25-23(26)18-11-7-6-10-17(18)13-12-16-8-4-3-5-9-16/h3-11,14-15H,12-13H2,1-2H3,(H,25,26). The Hall–Kier alpha value is -2.79. The normalized spacial score (nSPS) is 10.4. The number of halogens is 1. The van der Waals surface area contributed by atoms with Crippen LogP contribution in [-0.4, -0.2) is 20.1 Å². The quantitative estimate of drug-likeness (QED) is 0.528. The minimum atomic E-state index is -0.175. The van der Waals surface area contributed by atoms with Gasteiger partial charge in [0.25, 0.3) is 5.91 Å². The summed E-state index contributed by atoms with van der Waals surface area (Å²) in [5, 5.41) is 2.95. The van der Waals surface area contributed by atoms with Crippen LogP contribution in [0.4, 0.5) is 5.69 Å². The third kappa shape index (κ3) is 4.73. The number of methoxy groups -OCH3 is 2. The first-order valence-corrected chi connectivity index (χ1v) is 9.76. The molecule has 0 unspecified atom stereocenters. The van der Waals surface area contributed by atoms with Gasteiger partial charge in [0, 0.05) is 17.7 Å². The minimum absolute atomic E-state index is 0.175. The van der Waals surface area contributed by atoms with Crippen LogP contribution in [0.1, 0.15) is 21.5 Å². The molecular formula is C23H22BrNO3. The monoisotopic (exact) mass is 439 g/mol. The van der Waals surface area contributed by atoms with Crippen LogP contribution in [-0.2, 0) is 12.8 Å². The minimum Gasteiger partial charge on any atom is -0.495 e. The van der Waals surface area contributed by atoms with E-state index in [2.05, 4.69) is 33.4 Å². The van der Waals surface area contributed by atoms with E-state index in [1.807, 2.05) is 42.5 Å². The Bertz CT molecular complexity index is 957. The van der Waals surface area contributed by atoms with Gasteiger partial charge in [0.1, 0.15) is 11.5 Å². The summed E-state index contributed by atoms with van der Waals surface area (Å²) < 4.78 is 11.5. The molecule has 3 rings (SSSR count). The third-order valence-electron chi connectivity index (χ3n) is 4.51. The highest BCUT2D eigenvalue weighted by molar-refractivity contribution is 9.10. The van der Waals surface area contributed by atoms with E-state index in [1.165, 1.54) is 5.56 Å². The summed E-state index contributed by atoms with van der Waals surface area (Å²) >= 11 is 3.43. The molecule has 0 heterocycles. The van der Waals surface area contributed by atoms with Crippen molar-refractivity contribution in [1.29, 1.82) is 0 Å². The lowest BCUT2D eigenvalue weighted by atomic mass is 9.99. The van der Waals surface area contributed by atoms with Gasteiger partial charge in [-0.25, -0.2) is 0 Å². The van der Waals surface area contributed by atoms with Crippen LogP contribution < -0.4 is 14.8 Å². The van der Waals surface area contributed by atoms with Crippen molar-refractivity contribution < 1.29 is 14.3 Å². The Kier molecular flexibility index (Phi) is 6.71. The second-order valence-corrected chi connectivity index (χ2v) is 7.14. The van der Waals surface area contributed by atoms with Gasteiger partial charge in [-0.2, -0.15) is 0 Å². The van der Waals surface area contributed by atoms with Gasteiger partial charge in [-0.1, -0.05) is 48.5 Å². The van der Waals surface area contributed by atoms with E-state index in [0.29, 0.717) is 22.7 Å². The fraction of sp³-hybridized carbons (Fsp3) is 0.174. The lowest BCUT2D eigenvalue weighted by molar-refractivity contribution is 0.102. The predicted octanol–water partition coefficient (Wildman–Crippen LogP) is 5.50. The summed E-state index contributed by atoms with van der Waals surface area (Å²) in [5.41, 5.74) is 3.47. The maximum atomic E-state index is 13.0. The van der Waals surface area contributed by atoms with Crippen LogP contribution in [0.3, 0.4) is 0 Å². The Morgan fingerprint density at radius 2 is 1.57 bits per heavy atom. The number of anilines is 1. The summed E-state index contributed by atoms with van der Waals surface area (Å²) in [7, 11) is 3.15. The molecule has 0 aliphatic rings. The molecule has 144 valence electrons. The van der Waals surface area contributed by atoms with Crippen LogP contribution in [0, 0.1) is 0 Å². The van der Waals surface area contributed by atoms with E-state index in [4.69, 9.17) is 9.47 Å². The Labute approximate surface area is 173 Å². The zero-order chi connectivity index (χ0) is 19.9. The number of amides is 1. The molecule has 0 bridgehead atoms. The van der Waals surface area contributed by atoms with Crippen molar-refractivity contribution in [1.82, 2.24) is 0 Å². The first kappa shape index (κ1) is 20.0. The molecule has 3 aromatic rings. The van der Waals surface area contributed by atoms with Gasteiger partial charge in [-0.05, 0) is 46.0 Å². The molecule has 0 saturated carbocycles. The highest BCUT2D eigenvalue weighted by Gasteiger charge is 2.16. The van der Waals surface area contributed by atoms with Crippen molar-refractivity contribution in [3.63, 3.8) is 0 Å². The first-order chi connectivity index (χ1) is 13.6. The molecule has 4 nitrogen and oxygen atoms in total. The smallest absolute Gasteiger partial charge is 0.256 e. The number of aryl methyl sites for hydroxylation is 2. The number of hydrogen-bond donors (Lipinski definition) is 1. The lowest BCUT2D eigenvalue weighted by Crippen LogP contribution is -2.15. The van der Waals surface area contributed by atoms with Crippen LogP contribution >= 0.6 is 15.9 Å². The molecule has 3 aromatic carbocycles. The van der Waals surface area contributed by atoms with Gasteiger partial charge in [0.05, 0.1) is 24.4 Å². The number of hydrogen-bond acceptors (Lipinski definition) is 3. The molecule has 0 aliphatic heterocycles. The molecule has 0 saturated heterocycles. The molecule has 5 heteroatoms. The summed E-state index contributed by atoms with van der Waals surface area (Å²) in [6.07, 6.45) is 1.66. The van der Waals surface area contributed by atoms with E-state index >= 15 is 0 Å². The molecule has 0 fully saturated rings. The molecule has 1 N–H and O–H groups in total. The largest absolute Gasteiger partial charge is 0.495 e. The molecule has 0 spiro atoms. The molecule has 28 heavy (non-hydrogen) atoms. The highest BCUT2D eigenvalue weighted by Crippen LogP contribution is 2.36. The maximum absolute atomic E-state index is 13.0. The van der Waals surface area contributed by atoms with E-state index < -0.39 is 0 Å². The topological polar surface area (TPSA) is 47.6 Å². The van der Waals surface area contributed by atoms with Gasteiger partial charge >= 0.3 is 0 Å². The fourth-order valence-corrected chi connectivity index (χ4v) is 3.52. The van der Waals surface area contributed by atoms with E-state index in [1.54, 1.807) is 26.4 Å². The van der Waals surface area contributed by atoms with Gasteiger partial charge in [-0.3, -0.25) is 4.79 Å². The molecule has 0 aromatic heterocycles. The molecule has 0 atom stereocenters. The number of rotatable bonds is 7. The third-order valence-corrected chi connectivity index (χ3v) is 5.13. The summed E-state index contributed by atoms with van der Waals surface area (Å²) in [5.74, 6) is 1.00. The molecule has 0 aliphatic carbocycles. The molecule has 0 radical (unpaired) electrons. The van der Waals surface area contributed by atoms with Crippen molar-refractivity contribution in [3.8, 4) is 11.5 Å². The van der Waals surface area contributed by atoms with Gasteiger partial charge in [0.2, 0.25) is 0 Å². The van der Waals surface area contributed by atoms with Crippen LogP contribution in [0.2, 0.25) is 0 Å². The van der Waals surface area contributed by atoms with Gasteiger partial charge in [0.15, 0.2) is 0 Å². The number of carbonyl (C=O) groups excluding carboxylic acids is 1. The van der Waals surface area contributed by atoms with Crippen molar-refractivity contribution in [2.45, 2.75) is 12.8 Å². The van der Waals surface area contributed by atoms with Crippen LogP contribution in [0.25, 0.3) is 0 Å². The summed E-state index contributed by atoms with van der Waals surface area (Å²) in [4.78, 5) is 13.0. The van der Waals surface area contributed by atoms with Crippen LogP contribution in [0.5, 0.6) is 11.5 Å². The highest BCUT2D eigenvalue weighted by atomic mass is 79.9. The Morgan fingerprint density at radius 1 is 0.893 bits per heavy atom. The van der Waals surface area contributed by atoms with E-state index in [9.17, 15) is 4.79 Å². The average molecular weight is 440 g/mol. The van der Waals surface area contributed by atoms with Gasteiger partial charge in [-0.15, -0.1) is 0 Å². The second kappa shape index (κ2) is 9.42. The summed E-state index contributed by atoms with van der Waals surface area (Å²) in [6, 6.07) is 21.5. The second-order valence-electron chi connectivity index (χ2n) is 6.28. The van der Waals surface area contributed by atoms with Gasteiger partial charge < -0.3 is 14.8 Å². The number of benzene rings is 3. The predicted molar refractivity (Wildman–Crippen MR) is 115 cm³/mol. The molecular weight excluding hydrogens is 418 g/mol. The summed E-state index contributed by atoms with van der Waals surface area (Å²) in [6.45, 7) is 0. The van der Waals surface area contributed by atoms with Crippen molar-refractivity contribution >= 4 is 27.5 Å². The zero-order valence-electron chi connectivity index (χ0n) is 15.9. The SMILES string of the molecule is COc1cc(NC(=O)c2ccccc2CCc2ccccc2)c(OC)cc1Br. The van der Waals surface area contributed by atoms with Crippen LogP contribution in [0.15, 0.2) is 71.2 Å². The van der Waals surface area contributed by atoms with Crippen molar-refractivity contribution in [3.05, 3.63) is 87.9 Å². The fourth-order valence-electron chi connectivity index (χ4n) is 3.03. The molecule has 1 amide bonds. The lowest BCUT2D eigenvalue weighted by Gasteiger charge is -2.15. The zero-order valence-corrected chi connectivity index (χ0v) is 17.5. The number of ether oxygens (including phenoxy) is 2. The Balaban J connectivity index is 1.82. The van der Waals surface area contributed by atoms with Crippen molar-refractivity contribution in [2.24, 2.45) is 0 Å². The maximum Gasteiger partial charge on any atom is 0.256 e.